The van der Waals surface area contributed by atoms with Crippen molar-refractivity contribution in [2.75, 3.05) is 6.61 Å². The third-order valence-corrected chi connectivity index (χ3v) is 3.39. The molecule has 12 heavy (non-hydrogen) atoms. The summed E-state index contributed by atoms with van der Waals surface area (Å²) in [7, 11) is 0. The van der Waals surface area contributed by atoms with Crippen molar-refractivity contribution < 1.29 is 5.11 Å². The molecule has 0 atom stereocenters. The zero-order chi connectivity index (χ0) is 8.81. The lowest BCUT2D eigenvalue weighted by Crippen LogP contribution is -1.85. The highest BCUT2D eigenvalue weighted by molar-refractivity contribution is 9.11. The average Bonchev–Trinajstić information content (AvgIpc) is 2.45. The molecular formula is C9H13BrOS. The summed E-state index contributed by atoms with van der Waals surface area (Å²) < 4.78 is 1.21. The topological polar surface area (TPSA) is 20.2 Å². The van der Waals surface area contributed by atoms with Crippen LogP contribution in [0.5, 0.6) is 0 Å². The summed E-state index contributed by atoms with van der Waals surface area (Å²) in [5, 5.41) is 8.56. The summed E-state index contributed by atoms with van der Waals surface area (Å²) >= 11 is 5.23. The summed E-state index contributed by atoms with van der Waals surface area (Å²) in [4.78, 5) is 1.43. The molecule has 0 saturated heterocycles. The number of aliphatic hydroxyl groups is 1. The molecule has 0 spiro atoms. The van der Waals surface area contributed by atoms with Crippen LogP contribution in [-0.2, 0) is 6.42 Å². The molecule has 0 aromatic carbocycles. The molecule has 1 aromatic heterocycles. The second-order valence-electron chi connectivity index (χ2n) is 2.74. The summed E-state index contributed by atoms with van der Waals surface area (Å²) in [6.07, 6.45) is 4.41. The summed E-state index contributed by atoms with van der Waals surface area (Å²) in [6.45, 7) is 0.328. The smallest absolute Gasteiger partial charge is 0.0701 e. The molecule has 68 valence electrons. The van der Waals surface area contributed by atoms with Crippen LogP contribution in [0.2, 0.25) is 0 Å². The van der Waals surface area contributed by atoms with Gasteiger partial charge in [0.25, 0.3) is 0 Å². The maximum atomic E-state index is 8.56. The van der Waals surface area contributed by atoms with E-state index in [1.807, 2.05) is 0 Å². The third-order valence-electron chi connectivity index (χ3n) is 1.71. The molecule has 0 fully saturated rings. The van der Waals surface area contributed by atoms with Crippen molar-refractivity contribution in [1.82, 2.24) is 0 Å². The number of unbranched alkanes of at least 4 members (excludes halogenated alkanes) is 2. The van der Waals surface area contributed by atoms with Gasteiger partial charge in [-0.15, -0.1) is 11.3 Å². The van der Waals surface area contributed by atoms with E-state index in [1.165, 1.54) is 15.1 Å². The fraction of sp³-hybridized carbons (Fsp3) is 0.556. The SMILES string of the molecule is OCCCCCc1ccc(Br)s1. The van der Waals surface area contributed by atoms with E-state index in [4.69, 9.17) is 5.11 Å². The van der Waals surface area contributed by atoms with Gasteiger partial charge in [-0.25, -0.2) is 0 Å². The van der Waals surface area contributed by atoms with Crippen LogP contribution in [0.25, 0.3) is 0 Å². The lowest BCUT2D eigenvalue weighted by molar-refractivity contribution is 0.283. The van der Waals surface area contributed by atoms with Gasteiger partial charge in [0.05, 0.1) is 3.79 Å². The van der Waals surface area contributed by atoms with E-state index in [0.29, 0.717) is 6.61 Å². The van der Waals surface area contributed by atoms with Gasteiger partial charge in [-0.1, -0.05) is 6.42 Å². The number of thiophene rings is 1. The van der Waals surface area contributed by atoms with Gasteiger partial charge >= 0.3 is 0 Å². The fourth-order valence-electron chi connectivity index (χ4n) is 1.07. The second kappa shape index (κ2) is 5.73. The van der Waals surface area contributed by atoms with E-state index in [-0.39, 0.29) is 0 Å². The van der Waals surface area contributed by atoms with Crippen molar-refractivity contribution in [2.24, 2.45) is 0 Å². The average molecular weight is 249 g/mol. The lowest BCUT2D eigenvalue weighted by atomic mass is 10.2. The van der Waals surface area contributed by atoms with Crippen LogP contribution in [0, 0.1) is 0 Å². The van der Waals surface area contributed by atoms with Gasteiger partial charge in [-0.2, -0.15) is 0 Å². The lowest BCUT2D eigenvalue weighted by Gasteiger charge is -1.95. The Morgan fingerprint density at radius 2 is 2.08 bits per heavy atom. The van der Waals surface area contributed by atoms with E-state index in [0.717, 1.165) is 19.3 Å². The molecule has 0 amide bonds. The highest BCUT2D eigenvalue weighted by atomic mass is 79.9. The molecule has 3 heteroatoms. The van der Waals surface area contributed by atoms with Crippen molar-refractivity contribution in [3.05, 3.63) is 20.8 Å². The van der Waals surface area contributed by atoms with Crippen LogP contribution >= 0.6 is 27.3 Å². The molecule has 1 aromatic rings. The quantitative estimate of drug-likeness (QED) is 0.794. The zero-order valence-corrected chi connectivity index (χ0v) is 9.33. The van der Waals surface area contributed by atoms with Gasteiger partial charge in [0.15, 0.2) is 0 Å². The first-order chi connectivity index (χ1) is 5.83. The van der Waals surface area contributed by atoms with E-state index >= 15 is 0 Å². The largest absolute Gasteiger partial charge is 0.396 e. The minimum absolute atomic E-state index is 0.328. The monoisotopic (exact) mass is 248 g/mol. The molecule has 0 aliphatic rings. The van der Waals surface area contributed by atoms with E-state index in [2.05, 4.69) is 28.1 Å². The number of aryl methyl sites for hydroxylation is 1. The molecule has 0 bridgehead atoms. The van der Waals surface area contributed by atoms with Gasteiger partial charge in [0.1, 0.15) is 0 Å². The number of hydrogen-bond donors (Lipinski definition) is 1. The Bertz CT molecular complexity index is 222. The maximum absolute atomic E-state index is 8.56. The predicted octanol–water partition coefficient (Wildman–Crippen LogP) is 3.22. The van der Waals surface area contributed by atoms with Crippen molar-refractivity contribution in [3.8, 4) is 0 Å². The Balaban J connectivity index is 2.15. The highest BCUT2D eigenvalue weighted by Crippen LogP contribution is 2.23. The minimum atomic E-state index is 0.328. The Morgan fingerprint density at radius 1 is 1.25 bits per heavy atom. The summed E-state index contributed by atoms with van der Waals surface area (Å²) in [5.41, 5.74) is 0. The fourth-order valence-corrected chi connectivity index (χ4v) is 2.60. The molecule has 1 nitrogen and oxygen atoms in total. The Kier molecular flexibility index (Phi) is 4.88. The van der Waals surface area contributed by atoms with E-state index in [1.54, 1.807) is 11.3 Å². The standard InChI is InChI=1S/C9H13BrOS/c10-9-6-5-8(12-9)4-2-1-3-7-11/h5-6,11H,1-4,7H2. The first-order valence-electron chi connectivity index (χ1n) is 4.18. The molecule has 1 heterocycles. The molecular weight excluding hydrogens is 236 g/mol. The zero-order valence-electron chi connectivity index (χ0n) is 6.92. The molecule has 0 aliphatic carbocycles. The van der Waals surface area contributed by atoms with Crippen LogP contribution in [-0.4, -0.2) is 11.7 Å². The van der Waals surface area contributed by atoms with Gasteiger partial charge in [-0.3, -0.25) is 0 Å². The van der Waals surface area contributed by atoms with Gasteiger partial charge in [0.2, 0.25) is 0 Å². The predicted molar refractivity (Wildman–Crippen MR) is 56.7 cm³/mol. The van der Waals surface area contributed by atoms with Gasteiger partial charge in [-0.05, 0) is 47.3 Å². The third kappa shape index (κ3) is 3.70. The number of aliphatic hydroxyl groups excluding tert-OH is 1. The number of rotatable bonds is 5. The van der Waals surface area contributed by atoms with Crippen molar-refractivity contribution >= 4 is 27.3 Å². The van der Waals surface area contributed by atoms with Crippen LogP contribution in [0.3, 0.4) is 0 Å². The van der Waals surface area contributed by atoms with Crippen LogP contribution < -0.4 is 0 Å². The molecule has 0 unspecified atom stereocenters. The molecule has 1 rings (SSSR count). The Labute approximate surface area is 85.6 Å². The van der Waals surface area contributed by atoms with Crippen LogP contribution in [0.15, 0.2) is 15.9 Å². The van der Waals surface area contributed by atoms with Crippen LogP contribution in [0.1, 0.15) is 24.1 Å². The maximum Gasteiger partial charge on any atom is 0.0701 e. The normalized spacial score (nSPS) is 10.5. The Hall–Kier alpha value is 0.140. The van der Waals surface area contributed by atoms with Crippen molar-refractivity contribution in [1.29, 1.82) is 0 Å². The van der Waals surface area contributed by atoms with Gasteiger partial charge in [0, 0.05) is 11.5 Å². The first kappa shape index (κ1) is 10.2. The number of hydrogen-bond acceptors (Lipinski definition) is 2. The Morgan fingerprint density at radius 3 is 2.67 bits per heavy atom. The van der Waals surface area contributed by atoms with Gasteiger partial charge < -0.3 is 5.11 Å². The van der Waals surface area contributed by atoms with E-state index < -0.39 is 0 Å². The molecule has 0 saturated carbocycles. The first-order valence-corrected chi connectivity index (χ1v) is 5.79. The van der Waals surface area contributed by atoms with Crippen LogP contribution in [0.4, 0.5) is 0 Å². The van der Waals surface area contributed by atoms with Crippen molar-refractivity contribution in [2.45, 2.75) is 25.7 Å². The summed E-state index contributed by atoms with van der Waals surface area (Å²) in [6, 6.07) is 4.25. The molecule has 1 N–H and O–H groups in total. The second-order valence-corrected chi connectivity index (χ2v) is 5.29. The molecule has 0 aliphatic heterocycles. The summed E-state index contributed by atoms with van der Waals surface area (Å²) in [5.74, 6) is 0. The minimum Gasteiger partial charge on any atom is -0.396 e. The van der Waals surface area contributed by atoms with E-state index in [9.17, 15) is 0 Å². The molecule has 0 radical (unpaired) electrons. The van der Waals surface area contributed by atoms with Crippen molar-refractivity contribution in [3.63, 3.8) is 0 Å². The number of halogens is 1. The highest BCUT2D eigenvalue weighted by Gasteiger charge is 1.96.